The summed E-state index contributed by atoms with van der Waals surface area (Å²) in [6.45, 7) is 2.09. The molecule has 1 N–H and O–H groups in total. The van der Waals surface area contributed by atoms with Crippen LogP contribution in [0.3, 0.4) is 0 Å². The molecule has 4 aromatic rings. The maximum atomic E-state index is 13.2. The number of nitrogens with zero attached hydrogens (tertiary/aromatic N) is 2. The molecule has 30 heavy (non-hydrogen) atoms. The Bertz CT molecular complexity index is 1070. The van der Waals surface area contributed by atoms with E-state index in [2.05, 4.69) is 46.7 Å². The Labute approximate surface area is 184 Å². The molecule has 0 aliphatic carbocycles. The number of benzene rings is 3. The van der Waals surface area contributed by atoms with Gasteiger partial charge in [0.1, 0.15) is 0 Å². The minimum absolute atomic E-state index is 0.112. The summed E-state index contributed by atoms with van der Waals surface area (Å²) in [6.07, 6.45) is 0. The molecule has 0 atom stereocenters. The first-order chi connectivity index (χ1) is 14.7. The van der Waals surface area contributed by atoms with E-state index in [1.807, 2.05) is 60.7 Å². The number of aryl methyl sites for hydroxylation is 1. The first-order valence-corrected chi connectivity index (χ1v) is 11.4. The lowest BCUT2D eigenvalue weighted by atomic mass is 9.90. The largest absolute Gasteiger partial charge is 0.300 e. The minimum Gasteiger partial charge on any atom is -0.300 e. The van der Waals surface area contributed by atoms with E-state index in [4.69, 9.17) is 0 Å². The lowest BCUT2D eigenvalue weighted by Crippen LogP contribution is -2.22. The van der Waals surface area contributed by atoms with Gasteiger partial charge in [-0.3, -0.25) is 10.1 Å². The molecule has 0 radical (unpaired) electrons. The average Bonchev–Trinajstić information content (AvgIpc) is 3.21. The van der Waals surface area contributed by atoms with E-state index in [-0.39, 0.29) is 5.91 Å². The summed E-state index contributed by atoms with van der Waals surface area (Å²) >= 11 is 3.03. The van der Waals surface area contributed by atoms with Crippen molar-refractivity contribution >= 4 is 34.1 Å². The third-order valence-electron chi connectivity index (χ3n) is 4.61. The van der Waals surface area contributed by atoms with Crippen molar-refractivity contribution in [1.29, 1.82) is 0 Å². The van der Waals surface area contributed by atoms with Crippen LogP contribution in [0.15, 0.2) is 89.3 Å². The molecule has 0 aliphatic heterocycles. The molecule has 0 spiro atoms. The van der Waals surface area contributed by atoms with Crippen LogP contribution in [0.25, 0.3) is 0 Å². The van der Waals surface area contributed by atoms with Gasteiger partial charge >= 0.3 is 0 Å². The molecule has 1 aromatic heterocycles. The van der Waals surface area contributed by atoms with Gasteiger partial charge in [-0.1, -0.05) is 114 Å². The molecule has 1 heterocycles. The van der Waals surface area contributed by atoms with Crippen molar-refractivity contribution < 1.29 is 4.79 Å². The SMILES string of the molecule is Cc1cccc(CSc2nnc(NC(=O)C(c3ccccc3)c3ccccc3)s2)c1. The lowest BCUT2D eigenvalue weighted by molar-refractivity contribution is -0.116. The van der Waals surface area contributed by atoms with Gasteiger partial charge in [-0.05, 0) is 23.6 Å². The minimum atomic E-state index is -0.403. The maximum Gasteiger partial charge on any atom is 0.238 e. The number of aromatic nitrogens is 2. The van der Waals surface area contributed by atoms with Gasteiger partial charge in [-0.2, -0.15) is 0 Å². The van der Waals surface area contributed by atoms with E-state index in [0.717, 1.165) is 21.2 Å². The third-order valence-corrected chi connectivity index (χ3v) is 6.65. The molecular formula is C24H21N3OS2. The van der Waals surface area contributed by atoms with Crippen LogP contribution in [-0.2, 0) is 10.5 Å². The first-order valence-electron chi connectivity index (χ1n) is 9.61. The second-order valence-electron chi connectivity index (χ2n) is 6.89. The van der Waals surface area contributed by atoms with E-state index in [1.54, 1.807) is 11.8 Å². The number of carbonyl (C=O) groups is 1. The first kappa shape index (κ1) is 20.3. The van der Waals surface area contributed by atoms with E-state index in [0.29, 0.717) is 5.13 Å². The van der Waals surface area contributed by atoms with Gasteiger partial charge in [0.25, 0.3) is 0 Å². The summed E-state index contributed by atoms with van der Waals surface area (Å²) in [7, 11) is 0. The average molecular weight is 432 g/mol. The zero-order valence-electron chi connectivity index (χ0n) is 16.5. The predicted octanol–water partition coefficient (Wildman–Crippen LogP) is 5.91. The van der Waals surface area contributed by atoms with Crippen LogP contribution < -0.4 is 5.32 Å². The quantitative estimate of drug-likeness (QED) is 0.292. The van der Waals surface area contributed by atoms with Crippen LogP contribution in [0.2, 0.25) is 0 Å². The Morgan fingerprint density at radius 1 is 0.933 bits per heavy atom. The van der Waals surface area contributed by atoms with E-state index >= 15 is 0 Å². The van der Waals surface area contributed by atoms with Gasteiger partial charge in [-0.15, -0.1) is 10.2 Å². The van der Waals surface area contributed by atoms with Gasteiger partial charge in [0.15, 0.2) is 4.34 Å². The van der Waals surface area contributed by atoms with Gasteiger partial charge in [-0.25, -0.2) is 0 Å². The molecule has 0 saturated carbocycles. The van der Waals surface area contributed by atoms with Gasteiger partial charge in [0, 0.05) is 5.75 Å². The standard InChI is InChI=1S/C24H21N3OS2/c1-17-9-8-10-18(15-17)16-29-24-27-26-23(30-24)25-22(28)21(19-11-4-2-5-12-19)20-13-6-3-7-14-20/h2-15,21H,16H2,1H3,(H,25,26,28). The number of rotatable bonds is 7. The third kappa shape index (κ3) is 5.14. The zero-order valence-corrected chi connectivity index (χ0v) is 18.1. The molecule has 0 fully saturated rings. The molecule has 0 unspecified atom stereocenters. The zero-order chi connectivity index (χ0) is 20.8. The number of anilines is 1. The number of amides is 1. The highest BCUT2D eigenvalue weighted by Crippen LogP contribution is 2.31. The molecule has 0 saturated heterocycles. The molecular weight excluding hydrogens is 410 g/mol. The highest BCUT2D eigenvalue weighted by Gasteiger charge is 2.23. The van der Waals surface area contributed by atoms with Crippen molar-refractivity contribution in [3.05, 3.63) is 107 Å². The van der Waals surface area contributed by atoms with Crippen LogP contribution in [-0.4, -0.2) is 16.1 Å². The van der Waals surface area contributed by atoms with Crippen LogP contribution >= 0.6 is 23.1 Å². The molecule has 150 valence electrons. The highest BCUT2D eigenvalue weighted by atomic mass is 32.2. The van der Waals surface area contributed by atoms with Crippen molar-refractivity contribution in [2.75, 3.05) is 5.32 Å². The fourth-order valence-corrected chi connectivity index (χ4v) is 4.93. The van der Waals surface area contributed by atoms with Crippen LogP contribution in [0.1, 0.15) is 28.2 Å². The van der Waals surface area contributed by atoms with Crippen molar-refractivity contribution in [3.8, 4) is 0 Å². The van der Waals surface area contributed by atoms with Crippen LogP contribution in [0.4, 0.5) is 5.13 Å². The Balaban J connectivity index is 1.47. The molecule has 0 aliphatic rings. The number of thioether (sulfide) groups is 1. The van der Waals surface area contributed by atoms with Gasteiger partial charge in [0.05, 0.1) is 5.92 Å². The predicted molar refractivity (Wildman–Crippen MR) is 124 cm³/mol. The molecule has 3 aromatic carbocycles. The molecule has 1 amide bonds. The normalized spacial score (nSPS) is 10.9. The number of nitrogens with one attached hydrogen (secondary N) is 1. The summed E-state index contributed by atoms with van der Waals surface area (Å²) in [5, 5.41) is 11.9. The summed E-state index contributed by atoms with van der Waals surface area (Å²) in [5.74, 6) is 0.305. The Kier molecular flexibility index (Phi) is 6.57. The fraction of sp³-hybridized carbons (Fsp3) is 0.125. The smallest absolute Gasteiger partial charge is 0.238 e. The molecule has 4 nitrogen and oxygen atoms in total. The summed E-state index contributed by atoms with van der Waals surface area (Å²) in [6, 6.07) is 28.0. The second-order valence-corrected chi connectivity index (χ2v) is 9.09. The lowest BCUT2D eigenvalue weighted by Gasteiger charge is -2.16. The van der Waals surface area contributed by atoms with Crippen molar-refractivity contribution in [2.24, 2.45) is 0 Å². The summed E-state index contributed by atoms with van der Waals surface area (Å²) in [5.41, 5.74) is 4.37. The van der Waals surface area contributed by atoms with Crippen molar-refractivity contribution in [2.45, 2.75) is 22.9 Å². The number of hydrogen-bond acceptors (Lipinski definition) is 5. The van der Waals surface area contributed by atoms with Gasteiger partial charge in [0.2, 0.25) is 11.0 Å². The number of hydrogen-bond donors (Lipinski definition) is 1. The monoisotopic (exact) mass is 431 g/mol. The highest BCUT2D eigenvalue weighted by molar-refractivity contribution is 8.00. The fourth-order valence-electron chi connectivity index (χ4n) is 3.23. The Morgan fingerprint density at radius 2 is 1.60 bits per heavy atom. The van der Waals surface area contributed by atoms with Crippen molar-refractivity contribution in [3.63, 3.8) is 0 Å². The van der Waals surface area contributed by atoms with E-state index in [1.165, 1.54) is 22.5 Å². The van der Waals surface area contributed by atoms with E-state index < -0.39 is 5.92 Å². The molecule has 6 heteroatoms. The topological polar surface area (TPSA) is 54.9 Å². The van der Waals surface area contributed by atoms with Crippen molar-refractivity contribution in [1.82, 2.24) is 10.2 Å². The van der Waals surface area contributed by atoms with Crippen LogP contribution in [0.5, 0.6) is 0 Å². The summed E-state index contributed by atoms with van der Waals surface area (Å²) < 4.78 is 0.836. The second kappa shape index (κ2) is 9.69. The van der Waals surface area contributed by atoms with Gasteiger partial charge < -0.3 is 0 Å². The molecule has 4 rings (SSSR count). The van der Waals surface area contributed by atoms with E-state index in [9.17, 15) is 4.79 Å². The molecule has 0 bridgehead atoms. The summed E-state index contributed by atoms with van der Waals surface area (Å²) in [4.78, 5) is 13.2. The van der Waals surface area contributed by atoms with Crippen LogP contribution in [0, 0.1) is 6.92 Å². The number of carbonyl (C=O) groups excluding carboxylic acids is 1. The Morgan fingerprint density at radius 3 is 2.23 bits per heavy atom. The Hall–Kier alpha value is -2.96. The maximum absolute atomic E-state index is 13.2.